The summed E-state index contributed by atoms with van der Waals surface area (Å²) in [5, 5.41) is 2.78. The molecule has 0 saturated carbocycles. The third-order valence-corrected chi connectivity index (χ3v) is 3.65. The number of benzene rings is 1. The molecule has 6 heteroatoms. The van der Waals surface area contributed by atoms with E-state index in [0.717, 1.165) is 13.0 Å². The largest absolute Gasteiger partial charge is 0.355 e. The molecule has 0 bridgehead atoms. The van der Waals surface area contributed by atoms with E-state index in [9.17, 15) is 9.59 Å². The van der Waals surface area contributed by atoms with Gasteiger partial charge >= 0.3 is 0 Å². The van der Waals surface area contributed by atoms with E-state index in [4.69, 9.17) is 0 Å². The van der Waals surface area contributed by atoms with E-state index in [-0.39, 0.29) is 11.8 Å². The Hall–Kier alpha value is -2.60. The molecular formula is C18H24N4O2. The number of anilines is 1. The van der Waals surface area contributed by atoms with Gasteiger partial charge in [0.15, 0.2) is 0 Å². The Kier molecular flexibility index (Phi) is 6.14. The molecule has 1 heterocycles. The van der Waals surface area contributed by atoms with Crippen molar-refractivity contribution in [3.8, 4) is 0 Å². The van der Waals surface area contributed by atoms with E-state index >= 15 is 0 Å². The number of rotatable bonds is 7. The minimum atomic E-state index is -0.201. The first-order chi connectivity index (χ1) is 11.5. The zero-order valence-electron chi connectivity index (χ0n) is 14.4. The van der Waals surface area contributed by atoms with Crippen LogP contribution in [0.15, 0.2) is 42.6 Å². The maximum atomic E-state index is 12.4. The number of amides is 2. The van der Waals surface area contributed by atoms with Crippen LogP contribution < -0.4 is 5.32 Å². The van der Waals surface area contributed by atoms with Crippen LogP contribution in [0.2, 0.25) is 0 Å². The fourth-order valence-electron chi connectivity index (χ4n) is 2.31. The molecule has 0 unspecified atom stereocenters. The van der Waals surface area contributed by atoms with Crippen LogP contribution in [0.5, 0.6) is 0 Å². The van der Waals surface area contributed by atoms with Crippen LogP contribution in [-0.4, -0.2) is 60.8 Å². The maximum Gasteiger partial charge on any atom is 0.270 e. The van der Waals surface area contributed by atoms with Gasteiger partial charge in [0.2, 0.25) is 0 Å². The predicted octanol–water partition coefficient (Wildman–Crippen LogP) is 2.29. The zero-order chi connectivity index (χ0) is 17.5. The fraction of sp³-hybridized carbons (Fsp3) is 0.333. The summed E-state index contributed by atoms with van der Waals surface area (Å²) in [5.41, 5.74) is 1.62. The summed E-state index contributed by atoms with van der Waals surface area (Å²) in [6.45, 7) is 1.61. The SMILES string of the molecule is CN(C)CCCN(C)C(=O)c1cc(NC(=O)c2ccccc2)c[nH]1. The molecule has 2 N–H and O–H groups in total. The summed E-state index contributed by atoms with van der Waals surface area (Å²) in [6.07, 6.45) is 2.54. The molecule has 0 spiro atoms. The van der Waals surface area contributed by atoms with E-state index in [1.54, 1.807) is 36.3 Å². The van der Waals surface area contributed by atoms with Crippen molar-refractivity contribution >= 4 is 17.5 Å². The lowest BCUT2D eigenvalue weighted by molar-refractivity contribution is 0.0785. The van der Waals surface area contributed by atoms with Crippen molar-refractivity contribution in [2.45, 2.75) is 6.42 Å². The third kappa shape index (κ3) is 4.96. The van der Waals surface area contributed by atoms with Gasteiger partial charge in [-0.15, -0.1) is 0 Å². The molecule has 128 valence electrons. The second kappa shape index (κ2) is 8.31. The fourth-order valence-corrected chi connectivity index (χ4v) is 2.31. The number of aromatic amines is 1. The monoisotopic (exact) mass is 328 g/mol. The lowest BCUT2D eigenvalue weighted by atomic mass is 10.2. The van der Waals surface area contributed by atoms with Gasteiger partial charge in [-0.05, 0) is 45.3 Å². The van der Waals surface area contributed by atoms with E-state index in [1.165, 1.54) is 0 Å². The summed E-state index contributed by atoms with van der Waals surface area (Å²) in [5.74, 6) is -0.290. The quantitative estimate of drug-likeness (QED) is 0.819. The van der Waals surface area contributed by atoms with Gasteiger partial charge in [0.25, 0.3) is 11.8 Å². The number of nitrogens with one attached hydrogen (secondary N) is 2. The molecule has 2 aromatic rings. The average Bonchev–Trinajstić information content (AvgIpc) is 3.03. The molecule has 0 radical (unpaired) electrons. The summed E-state index contributed by atoms with van der Waals surface area (Å²) in [7, 11) is 5.80. The van der Waals surface area contributed by atoms with Gasteiger partial charge in [-0.3, -0.25) is 9.59 Å². The van der Waals surface area contributed by atoms with Crippen molar-refractivity contribution in [2.75, 3.05) is 39.5 Å². The van der Waals surface area contributed by atoms with Crippen molar-refractivity contribution in [3.63, 3.8) is 0 Å². The molecule has 0 atom stereocenters. The second-order valence-electron chi connectivity index (χ2n) is 6.01. The van der Waals surface area contributed by atoms with Crippen LogP contribution in [0.1, 0.15) is 27.3 Å². The van der Waals surface area contributed by atoms with Crippen molar-refractivity contribution < 1.29 is 9.59 Å². The molecule has 2 amide bonds. The van der Waals surface area contributed by atoms with Crippen LogP contribution in [0.25, 0.3) is 0 Å². The highest BCUT2D eigenvalue weighted by Gasteiger charge is 2.14. The predicted molar refractivity (Wildman–Crippen MR) is 95.3 cm³/mol. The van der Waals surface area contributed by atoms with Crippen LogP contribution in [0.3, 0.4) is 0 Å². The number of hydrogen-bond donors (Lipinski definition) is 2. The second-order valence-corrected chi connectivity index (χ2v) is 6.01. The first-order valence-electron chi connectivity index (χ1n) is 7.92. The Bertz CT molecular complexity index is 679. The van der Waals surface area contributed by atoms with Crippen LogP contribution in [0.4, 0.5) is 5.69 Å². The molecule has 1 aromatic heterocycles. The molecule has 24 heavy (non-hydrogen) atoms. The van der Waals surface area contributed by atoms with Crippen LogP contribution in [0, 0.1) is 0 Å². The van der Waals surface area contributed by atoms with Crippen LogP contribution >= 0.6 is 0 Å². The molecule has 1 aromatic carbocycles. The molecule has 0 fully saturated rings. The lowest BCUT2D eigenvalue weighted by Crippen LogP contribution is -2.29. The summed E-state index contributed by atoms with van der Waals surface area (Å²) < 4.78 is 0. The Labute approximate surface area is 142 Å². The number of carbonyl (C=O) groups is 2. The first-order valence-corrected chi connectivity index (χ1v) is 7.92. The van der Waals surface area contributed by atoms with Gasteiger partial charge in [-0.25, -0.2) is 0 Å². The Morgan fingerprint density at radius 3 is 2.46 bits per heavy atom. The van der Waals surface area contributed by atoms with Gasteiger partial charge in [0, 0.05) is 25.4 Å². The molecule has 0 aliphatic rings. The minimum absolute atomic E-state index is 0.0889. The van der Waals surface area contributed by atoms with Crippen molar-refractivity contribution in [3.05, 3.63) is 53.9 Å². The highest BCUT2D eigenvalue weighted by molar-refractivity contribution is 6.05. The van der Waals surface area contributed by atoms with E-state index < -0.39 is 0 Å². The van der Waals surface area contributed by atoms with Gasteiger partial charge < -0.3 is 20.1 Å². The smallest absolute Gasteiger partial charge is 0.270 e. The molecular weight excluding hydrogens is 304 g/mol. The zero-order valence-corrected chi connectivity index (χ0v) is 14.4. The summed E-state index contributed by atoms with van der Waals surface area (Å²) in [4.78, 5) is 31.2. The Morgan fingerprint density at radius 1 is 1.08 bits per heavy atom. The topological polar surface area (TPSA) is 68.4 Å². The first kappa shape index (κ1) is 17.7. The van der Waals surface area contributed by atoms with Gasteiger partial charge in [0.1, 0.15) is 5.69 Å². The molecule has 0 aliphatic carbocycles. The molecule has 6 nitrogen and oxygen atoms in total. The van der Waals surface area contributed by atoms with E-state index in [1.807, 2.05) is 32.3 Å². The molecule has 0 aliphatic heterocycles. The highest BCUT2D eigenvalue weighted by atomic mass is 16.2. The number of nitrogens with zero attached hydrogens (tertiary/aromatic N) is 2. The van der Waals surface area contributed by atoms with Crippen molar-refractivity contribution in [1.82, 2.24) is 14.8 Å². The molecule has 0 saturated heterocycles. The third-order valence-electron chi connectivity index (χ3n) is 3.65. The van der Waals surface area contributed by atoms with Gasteiger partial charge in [-0.2, -0.15) is 0 Å². The minimum Gasteiger partial charge on any atom is -0.355 e. The van der Waals surface area contributed by atoms with Crippen molar-refractivity contribution in [1.29, 1.82) is 0 Å². The summed E-state index contributed by atoms with van der Waals surface area (Å²) in [6, 6.07) is 10.6. The Balaban J connectivity index is 1.92. The van der Waals surface area contributed by atoms with E-state index in [2.05, 4.69) is 15.2 Å². The highest BCUT2D eigenvalue weighted by Crippen LogP contribution is 2.13. The normalized spacial score (nSPS) is 10.7. The lowest BCUT2D eigenvalue weighted by Gasteiger charge is -2.17. The van der Waals surface area contributed by atoms with Gasteiger partial charge in [-0.1, -0.05) is 18.2 Å². The average molecular weight is 328 g/mol. The number of hydrogen-bond acceptors (Lipinski definition) is 3. The number of carbonyl (C=O) groups excluding carboxylic acids is 2. The Morgan fingerprint density at radius 2 is 1.79 bits per heavy atom. The number of H-pyrrole nitrogens is 1. The van der Waals surface area contributed by atoms with Crippen molar-refractivity contribution in [2.24, 2.45) is 0 Å². The standard InChI is InChI=1S/C18H24N4O2/c1-21(2)10-7-11-22(3)18(24)16-12-15(13-19-16)20-17(23)14-8-5-4-6-9-14/h4-6,8-9,12-13,19H,7,10-11H2,1-3H3,(H,20,23). The van der Waals surface area contributed by atoms with E-state index in [0.29, 0.717) is 23.5 Å². The summed E-state index contributed by atoms with van der Waals surface area (Å²) >= 11 is 0. The maximum absolute atomic E-state index is 12.4. The van der Waals surface area contributed by atoms with Crippen LogP contribution in [-0.2, 0) is 0 Å². The number of aromatic nitrogens is 1. The van der Waals surface area contributed by atoms with Gasteiger partial charge in [0.05, 0.1) is 5.69 Å². The molecule has 2 rings (SSSR count).